The zero-order chi connectivity index (χ0) is 15.2. The van der Waals surface area contributed by atoms with Gasteiger partial charge in [-0.15, -0.1) is 0 Å². The number of carboxylic acids is 1. The molecule has 0 fully saturated rings. The van der Waals surface area contributed by atoms with Crippen LogP contribution in [0.2, 0.25) is 0 Å². The van der Waals surface area contributed by atoms with E-state index in [4.69, 9.17) is 5.11 Å². The number of aliphatic carboxylic acids is 1. The molecule has 0 aliphatic heterocycles. The molecule has 0 bridgehead atoms. The predicted octanol–water partition coefficient (Wildman–Crippen LogP) is 2.84. The van der Waals surface area contributed by atoms with Crippen LogP contribution in [-0.2, 0) is 9.59 Å². The molecule has 0 saturated heterocycles. The lowest BCUT2D eigenvalue weighted by Crippen LogP contribution is -2.33. The fraction of sp³-hybridized carbons (Fsp3) is 0.385. The third kappa shape index (κ3) is 5.73. The zero-order valence-corrected chi connectivity index (χ0v) is 10.6. The molecule has 1 amide bonds. The number of carbonyl (C=O) groups excluding carboxylic acids is 1. The fourth-order valence-electron chi connectivity index (χ4n) is 1.60. The molecule has 110 valence electrons. The highest BCUT2D eigenvalue weighted by Gasteiger charge is 2.29. The lowest BCUT2D eigenvalue weighted by atomic mass is 10.2. The summed E-state index contributed by atoms with van der Waals surface area (Å²) in [6, 6.07) is 8.04. The van der Waals surface area contributed by atoms with E-state index in [1.54, 1.807) is 30.3 Å². The number of anilines is 1. The maximum atomic E-state index is 12.1. The van der Waals surface area contributed by atoms with E-state index in [2.05, 4.69) is 0 Å². The highest BCUT2D eigenvalue weighted by atomic mass is 19.4. The van der Waals surface area contributed by atoms with Gasteiger partial charge >= 0.3 is 12.1 Å². The monoisotopic (exact) mass is 289 g/mol. The first-order valence-electron chi connectivity index (χ1n) is 5.93. The van der Waals surface area contributed by atoms with Gasteiger partial charge < -0.3 is 10.0 Å². The Morgan fingerprint density at radius 3 is 2.20 bits per heavy atom. The molecular weight excluding hydrogens is 275 g/mol. The topological polar surface area (TPSA) is 57.6 Å². The van der Waals surface area contributed by atoms with Crippen molar-refractivity contribution < 1.29 is 27.9 Å². The Balaban J connectivity index is 2.77. The van der Waals surface area contributed by atoms with Crippen LogP contribution in [0.4, 0.5) is 18.9 Å². The van der Waals surface area contributed by atoms with Gasteiger partial charge in [0.2, 0.25) is 5.91 Å². The molecule has 0 spiro atoms. The predicted molar refractivity (Wildman–Crippen MR) is 66.3 cm³/mol. The summed E-state index contributed by atoms with van der Waals surface area (Å²) in [5, 5.41) is 8.63. The largest absolute Gasteiger partial charge is 0.481 e. The van der Waals surface area contributed by atoms with E-state index in [1.165, 1.54) is 0 Å². The van der Waals surface area contributed by atoms with Gasteiger partial charge in [-0.25, -0.2) is 0 Å². The minimum absolute atomic E-state index is 0.157. The number of alkyl halides is 3. The molecule has 0 atom stereocenters. The van der Waals surface area contributed by atoms with Crippen LogP contribution in [0.15, 0.2) is 30.3 Å². The molecule has 0 heterocycles. The summed E-state index contributed by atoms with van der Waals surface area (Å²) in [5.74, 6) is -1.86. The first-order valence-corrected chi connectivity index (χ1v) is 5.93. The molecule has 0 unspecified atom stereocenters. The number of rotatable bonds is 6. The molecule has 1 rings (SSSR count). The average Bonchev–Trinajstić information content (AvgIpc) is 2.36. The van der Waals surface area contributed by atoms with Crippen LogP contribution < -0.4 is 4.90 Å². The van der Waals surface area contributed by atoms with Crippen LogP contribution in [0.1, 0.15) is 19.3 Å². The third-order valence-electron chi connectivity index (χ3n) is 2.54. The van der Waals surface area contributed by atoms with Gasteiger partial charge in [-0.05, 0) is 12.1 Å². The Hall–Kier alpha value is -2.05. The quantitative estimate of drug-likeness (QED) is 0.876. The molecular formula is C13H14F3NO3. The van der Waals surface area contributed by atoms with Gasteiger partial charge in [-0.1, -0.05) is 18.2 Å². The van der Waals surface area contributed by atoms with Crippen LogP contribution in [-0.4, -0.2) is 29.7 Å². The van der Waals surface area contributed by atoms with E-state index < -0.39 is 30.9 Å². The normalized spacial score (nSPS) is 11.2. The summed E-state index contributed by atoms with van der Waals surface area (Å²) in [4.78, 5) is 23.5. The third-order valence-corrected chi connectivity index (χ3v) is 2.54. The van der Waals surface area contributed by atoms with E-state index in [0.717, 1.165) is 4.90 Å². The Labute approximate surface area is 113 Å². The number of halogens is 3. The molecule has 7 heteroatoms. The van der Waals surface area contributed by atoms with Crippen molar-refractivity contribution in [1.82, 2.24) is 0 Å². The number of para-hydroxylation sites is 1. The second-order valence-corrected chi connectivity index (χ2v) is 4.14. The molecule has 1 aromatic carbocycles. The smallest absolute Gasteiger partial charge is 0.389 e. The van der Waals surface area contributed by atoms with Gasteiger partial charge in [0.15, 0.2) is 0 Å². The Morgan fingerprint density at radius 1 is 1.10 bits per heavy atom. The van der Waals surface area contributed by atoms with E-state index in [-0.39, 0.29) is 13.0 Å². The zero-order valence-electron chi connectivity index (χ0n) is 10.6. The summed E-state index contributed by atoms with van der Waals surface area (Å²) in [5.41, 5.74) is 0.390. The van der Waals surface area contributed by atoms with Crippen molar-refractivity contribution in [2.75, 3.05) is 11.4 Å². The minimum atomic E-state index is -4.41. The van der Waals surface area contributed by atoms with Crippen molar-refractivity contribution in [3.8, 4) is 0 Å². The second kappa shape index (κ2) is 6.93. The molecule has 0 aliphatic rings. The van der Waals surface area contributed by atoms with Crippen LogP contribution in [0, 0.1) is 0 Å². The number of hydrogen-bond donors (Lipinski definition) is 1. The number of benzene rings is 1. The van der Waals surface area contributed by atoms with Gasteiger partial charge in [0.1, 0.15) is 0 Å². The number of nitrogens with zero attached hydrogens (tertiary/aromatic N) is 1. The van der Waals surface area contributed by atoms with Gasteiger partial charge in [0.05, 0.1) is 12.8 Å². The van der Waals surface area contributed by atoms with Crippen LogP contribution in [0.5, 0.6) is 0 Å². The van der Waals surface area contributed by atoms with Crippen molar-refractivity contribution in [3.05, 3.63) is 30.3 Å². The minimum Gasteiger partial charge on any atom is -0.481 e. The van der Waals surface area contributed by atoms with Crippen molar-refractivity contribution in [2.24, 2.45) is 0 Å². The van der Waals surface area contributed by atoms with Crippen LogP contribution >= 0.6 is 0 Å². The lowest BCUT2D eigenvalue weighted by Gasteiger charge is -2.22. The molecule has 1 N–H and O–H groups in total. The molecule has 0 saturated carbocycles. The number of carboxylic acid groups (broad SMARTS) is 1. The van der Waals surface area contributed by atoms with Crippen LogP contribution in [0.25, 0.3) is 0 Å². The Kier molecular flexibility index (Phi) is 5.54. The Bertz CT molecular complexity index is 460. The van der Waals surface area contributed by atoms with Crippen molar-refractivity contribution in [1.29, 1.82) is 0 Å². The second-order valence-electron chi connectivity index (χ2n) is 4.14. The average molecular weight is 289 g/mol. The van der Waals surface area contributed by atoms with Crippen LogP contribution in [0.3, 0.4) is 0 Å². The molecule has 0 radical (unpaired) electrons. The summed E-state index contributed by atoms with van der Waals surface area (Å²) in [6.07, 6.45) is -6.66. The number of carbonyl (C=O) groups is 2. The van der Waals surface area contributed by atoms with Crippen molar-refractivity contribution in [3.63, 3.8) is 0 Å². The van der Waals surface area contributed by atoms with E-state index >= 15 is 0 Å². The highest BCUT2D eigenvalue weighted by molar-refractivity contribution is 5.93. The van der Waals surface area contributed by atoms with Gasteiger partial charge in [0.25, 0.3) is 0 Å². The molecule has 0 aliphatic carbocycles. The van der Waals surface area contributed by atoms with Crippen molar-refractivity contribution in [2.45, 2.75) is 25.4 Å². The standard InChI is InChI=1S/C13H14F3NO3/c14-13(15,16)8-6-11(18)17(9-7-12(19)20)10-4-2-1-3-5-10/h1-5H,6-9H2,(H,19,20). The maximum Gasteiger partial charge on any atom is 0.389 e. The van der Waals surface area contributed by atoms with E-state index in [1.807, 2.05) is 0 Å². The fourth-order valence-corrected chi connectivity index (χ4v) is 1.60. The maximum absolute atomic E-state index is 12.1. The SMILES string of the molecule is O=C(O)CCN(C(=O)CCC(F)(F)F)c1ccccc1. The summed E-state index contributed by atoms with van der Waals surface area (Å²) in [6.45, 7) is -0.157. The number of hydrogen-bond acceptors (Lipinski definition) is 2. The molecule has 0 aromatic heterocycles. The van der Waals surface area contributed by atoms with Gasteiger partial charge in [-0.3, -0.25) is 9.59 Å². The summed E-state index contributed by atoms with van der Waals surface area (Å²) >= 11 is 0. The molecule has 1 aromatic rings. The summed E-state index contributed by atoms with van der Waals surface area (Å²) in [7, 11) is 0. The first kappa shape index (κ1) is 16.0. The van der Waals surface area contributed by atoms with E-state index in [0.29, 0.717) is 5.69 Å². The molecule has 20 heavy (non-hydrogen) atoms. The molecule has 4 nitrogen and oxygen atoms in total. The van der Waals surface area contributed by atoms with Gasteiger partial charge in [-0.2, -0.15) is 13.2 Å². The Morgan fingerprint density at radius 2 is 1.70 bits per heavy atom. The highest BCUT2D eigenvalue weighted by Crippen LogP contribution is 2.23. The lowest BCUT2D eigenvalue weighted by molar-refractivity contribution is -0.143. The van der Waals surface area contributed by atoms with E-state index in [9.17, 15) is 22.8 Å². The van der Waals surface area contributed by atoms with Crippen molar-refractivity contribution >= 4 is 17.6 Å². The van der Waals surface area contributed by atoms with Gasteiger partial charge in [0, 0.05) is 18.7 Å². The summed E-state index contributed by atoms with van der Waals surface area (Å²) < 4.78 is 36.4. The first-order chi connectivity index (χ1) is 9.29. The number of amides is 1.